The summed E-state index contributed by atoms with van der Waals surface area (Å²) in [6, 6.07) is 2.89. The maximum atomic E-state index is 12.2. The highest BCUT2D eigenvalue weighted by Gasteiger charge is 2.22. The minimum Gasteiger partial charge on any atom is -0.343 e. The third-order valence-corrected chi connectivity index (χ3v) is 4.30. The van der Waals surface area contributed by atoms with Crippen LogP contribution in [-0.4, -0.2) is 34.8 Å². The van der Waals surface area contributed by atoms with Crippen LogP contribution in [0.4, 0.5) is 5.69 Å². The Labute approximate surface area is 136 Å². The van der Waals surface area contributed by atoms with Crippen LogP contribution in [0.25, 0.3) is 0 Å². The second-order valence-corrected chi connectivity index (χ2v) is 6.10. The van der Waals surface area contributed by atoms with Crippen molar-refractivity contribution in [2.45, 2.75) is 45.4 Å². The van der Waals surface area contributed by atoms with Crippen molar-refractivity contribution in [3.05, 3.63) is 28.7 Å². The summed E-state index contributed by atoms with van der Waals surface area (Å²) in [6.45, 7) is 3.81. The number of H-pyrrole nitrogens is 1. The number of aromatic amines is 1. The number of piperidine rings is 1. The Bertz CT molecular complexity index is 568. The first-order valence-electron chi connectivity index (χ1n) is 8.35. The summed E-state index contributed by atoms with van der Waals surface area (Å²) in [6.07, 6.45) is 6.42. The molecule has 1 fully saturated rings. The number of hydrogen-bond acceptors (Lipinski definition) is 3. The largest absolute Gasteiger partial charge is 0.343 e. The van der Waals surface area contributed by atoms with Crippen molar-refractivity contribution in [1.29, 1.82) is 0 Å². The molecule has 1 aromatic heterocycles. The maximum absolute atomic E-state index is 12.2. The van der Waals surface area contributed by atoms with Crippen LogP contribution in [0.2, 0.25) is 0 Å². The molecular weight excluding hydrogens is 294 g/mol. The lowest BCUT2D eigenvalue weighted by atomic mass is 9.92. The summed E-state index contributed by atoms with van der Waals surface area (Å²) < 4.78 is 0. The zero-order valence-electron chi connectivity index (χ0n) is 13.6. The van der Waals surface area contributed by atoms with Crippen LogP contribution in [0.15, 0.2) is 23.1 Å². The molecule has 23 heavy (non-hydrogen) atoms. The van der Waals surface area contributed by atoms with E-state index in [0.29, 0.717) is 5.69 Å². The molecule has 1 aliphatic rings. The molecule has 6 nitrogen and oxygen atoms in total. The topological polar surface area (TPSA) is 82.3 Å². The summed E-state index contributed by atoms with van der Waals surface area (Å²) in [5, 5.41) is 2.67. The predicted octanol–water partition coefficient (Wildman–Crippen LogP) is 2.13. The standard InChI is InChI=1S/C17H25N3O3/c1-2-3-13-8-10-20(11-9-13)17(23)7-6-16(22)19-14-4-5-15(21)18-12-14/h4-5,12-13H,2-3,6-11H2,1H3,(H,18,21)(H,19,22). The zero-order chi connectivity index (χ0) is 16.7. The molecule has 1 saturated heterocycles. The van der Waals surface area contributed by atoms with E-state index in [9.17, 15) is 14.4 Å². The van der Waals surface area contributed by atoms with Gasteiger partial charge in [0.2, 0.25) is 17.4 Å². The van der Waals surface area contributed by atoms with Gasteiger partial charge in [-0.05, 0) is 24.8 Å². The predicted molar refractivity (Wildman–Crippen MR) is 89.1 cm³/mol. The van der Waals surface area contributed by atoms with Crippen molar-refractivity contribution >= 4 is 17.5 Å². The van der Waals surface area contributed by atoms with Gasteiger partial charge >= 0.3 is 0 Å². The lowest BCUT2D eigenvalue weighted by Gasteiger charge is -2.32. The first-order chi connectivity index (χ1) is 11.1. The van der Waals surface area contributed by atoms with Crippen LogP contribution in [-0.2, 0) is 9.59 Å². The molecule has 0 unspecified atom stereocenters. The van der Waals surface area contributed by atoms with Crippen molar-refractivity contribution in [1.82, 2.24) is 9.88 Å². The summed E-state index contributed by atoms with van der Waals surface area (Å²) in [5.41, 5.74) is 0.312. The number of nitrogens with zero attached hydrogens (tertiary/aromatic N) is 1. The molecule has 1 aromatic rings. The number of pyridine rings is 1. The molecule has 2 N–H and O–H groups in total. The van der Waals surface area contributed by atoms with Gasteiger partial charge in [0, 0.05) is 38.2 Å². The highest BCUT2D eigenvalue weighted by molar-refractivity contribution is 5.93. The number of nitrogens with one attached hydrogen (secondary N) is 2. The van der Waals surface area contributed by atoms with Gasteiger partial charge in [0.05, 0.1) is 5.69 Å². The number of carbonyl (C=O) groups excluding carboxylic acids is 2. The lowest BCUT2D eigenvalue weighted by Crippen LogP contribution is -2.38. The highest BCUT2D eigenvalue weighted by atomic mass is 16.2. The van der Waals surface area contributed by atoms with Gasteiger partial charge in [-0.1, -0.05) is 19.8 Å². The average Bonchev–Trinajstić information content (AvgIpc) is 2.56. The van der Waals surface area contributed by atoms with E-state index in [1.165, 1.54) is 31.2 Å². The Morgan fingerprint density at radius 3 is 2.61 bits per heavy atom. The highest BCUT2D eigenvalue weighted by Crippen LogP contribution is 2.22. The summed E-state index contributed by atoms with van der Waals surface area (Å²) >= 11 is 0. The lowest BCUT2D eigenvalue weighted by molar-refractivity contribution is -0.134. The summed E-state index contributed by atoms with van der Waals surface area (Å²) in [5.74, 6) is 0.579. The zero-order valence-corrected chi connectivity index (χ0v) is 13.6. The average molecular weight is 319 g/mol. The number of amides is 2. The monoisotopic (exact) mass is 319 g/mol. The van der Waals surface area contributed by atoms with Gasteiger partial charge in [-0.3, -0.25) is 14.4 Å². The Morgan fingerprint density at radius 2 is 2.00 bits per heavy atom. The van der Waals surface area contributed by atoms with E-state index in [1.807, 2.05) is 4.90 Å². The Balaban J connectivity index is 1.71. The van der Waals surface area contributed by atoms with Gasteiger partial charge in [-0.2, -0.15) is 0 Å². The van der Waals surface area contributed by atoms with Crippen LogP contribution in [0.5, 0.6) is 0 Å². The van der Waals surface area contributed by atoms with Crippen molar-refractivity contribution in [3.63, 3.8) is 0 Å². The molecule has 2 rings (SSSR count). The molecular formula is C17H25N3O3. The Morgan fingerprint density at radius 1 is 1.26 bits per heavy atom. The normalized spacial score (nSPS) is 15.4. The van der Waals surface area contributed by atoms with Crippen LogP contribution in [0.3, 0.4) is 0 Å². The smallest absolute Gasteiger partial charge is 0.248 e. The van der Waals surface area contributed by atoms with E-state index >= 15 is 0 Å². The van der Waals surface area contributed by atoms with Crippen molar-refractivity contribution in [2.24, 2.45) is 5.92 Å². The van der Waals surface area contributed by atoms with Crippen molar-refractivity contribution in [3.8, 4) is 0 Å². The molecule has 2 heterocycles. The van der Waals surface area contributed by atoms with E-state index in [-0.39, 0.29) is 30.2 Å². The SMILES string of the molecule is CCCC1CCN(C(=O)CCC(=O)Nc2ccc(=O)[nH]c2)CC1. The molecule has 6 heteroatoms. The fourth-order valence-corrected chi connectivity index (χ4v) is 2.97. The number of anilines is 1. The molecule has 0 aliphatic carbocycles. The Kier molecular flexibility index (Phi) is 6.38. The third-order valence-electron chi connectivity index (χ3n) is 4.30. The van der Waals surface area contributed by atoms with E-state index in [4.69, 9.17) is 0 Å². The fraction of sp³-hybridized carbons (Fsp3) is 0.588. The first kappa shape index (κ1) is 17.2. The number of likely N-dealkylation sites (tertiary alicyclic amines) is 1. The quantitative estimate of drug-likeness (QED) is 0.842. The molecule has 0 saturated carbocycles. The fourth-order valence-electron chi connectivity index (χ4n) is 2.97. The third kappa shape index (κ3) is 5.54. The molecule has 0 bridgehead atoms. The van der Waals surface area contributed by atoms with Gasteiger partial charge in [0.1, 0.15) is 0 Å². The van der Waals surface area contributed by atoms with Gasteiger partial charge in [0.15, 0.2) is 0 Å². The second-order valence-electron chi connectivity index (χ2n) is 6.10. The summed E-state index contributed by atoms with van der Waals surface area (Å²) in [4.78, 5) is 39.3. The number of aromatic nitrogens is 1. The van der Waals surface area contributed by atoms with Crippen LogP contribution < -0.4 is 10.9 Å². The van der Waals surface area contributed by atoms with Gasteiger partial charge < -0.3 is 15.2 Å². The molecule has 1 aliphatic heterocycles. The number of carbonyl (C=O) groups is 2. The molecule has 0 spiro atoms. The van der Waals surface area contributed by atoms with Crippen LogP contribution in [0.1, 0.15) is 45.4 Å². The number of rotatable bonds is 6. The van der Waals surface area contributed by atoms with E-state index in [1.54, 1.807) is 0 Å². The maximum Gasteiger partial charge on any atom is 0.248 e. The van der Waals surface area contributed by atoms with Crippen molar-refractivity contribution in [2.75, 3.05) is 18.4 Å². The molecule has 2 amide bonds. The van der Waals surface area contributed by atoms with Gasteiger partial charge in [-0.15, -0.1) is 0 Å². The second kappa shape index (κ2) is 8.50. The van der Waals surface area contributed by atoms with Crippen LogP contribution >= 0.6 is 0 Å². The van der Waals surface area contributed by atoms with E-state index in [0.717, 1.165) is 31.8 Å². The first-order valence-corrected chi connectivity index (χ1v) is 8.35. The molecule has 0 atom stereocenters. The molecule has 126 valence electrons. The van der Waals surface area contributed by atoms with Gasteiger partial charge in [0.25, 0.3) is 0 Å². The van der Waals surface area contributed by atoms with Crippen molar-refractivity contribution < 1.29 is 9.59 Å². The minimum absolute atomic E-state index is 0.0524. The van der Waals surface area contributed by atoms with E-state index < -0.39 is 0 Å². The molecule has 0 aromatic carbocycles. The molecule has 0 radical (unpaired) electrons. The van der Waals surface area contributed by atoms with E-state index in [2.05, 4.69) is 17.2 Å². The van der Waals surface area contributed by atoms with Gasteiger partial charge in [-0.25, -0.2) is 0 Å². The Hall–Kier alpha value is -2.11. The van der Waals surface area contributed by atoms with Crippen LogP contribution in [0, 0.1) is 5.92 Å². The number of hydrogen-bond donors (Lipinski definition) is 2. The minimum atomic E-state index is -0.218. The summed E-state index contributed by atoms with van der Waals surface area (Å²) in [7, 11) is 0.